The van der Waals surface area contributed by atoms with E-state index in [1.807, 2.05) is 6.20 Å². The summed E-state index contributed by atoms with van der Waals surface area (Å²) in [5, 5.41) is 4.77. The normalized spacial score (nSPS) is 11.2. The Kier molecular flexibility index (Phi) is 5.24. The summed E-state index contributed by atoms with van der Waals surface area (Å²) >= 11 is 0. The quantitative estimate of drug-likeness (QED) is 0.702. The number of hydrogen-bond acceptors (Lipinski definition) is 2. The molecule has 0 atom stereocenters. The molecule has 0 spiro atoms. The molecule has 1 aromatic carbocycles. The molecule has 0 amide bonds. The van der Waals surface area contributed by atoms with Crippen molar-refractivity contribution in [3.8, 4) is 0 Å². The Hall–Kier alpha value is -1.32. The summed E-state index contributed by atoms with van der Waals surface area (Å²) in [7, 11) is 1.76. The zero-order valence-electron chi connectivity index (χ0n) is 11.0. The molecule has 0 saturated heterocycles. The molecule has 1 aromatic heterocycles. The van der Waals surface area contributed by atoms with Crippen molar-refractivity contribution >= 4 is 10.9 Å². The second kappa shape index (κ2) is 7.19. The molecule has 0 fully saturated rings. The van der Waals surface area contributed by atoms with Crippen LogP contribution in [0.3, 0.4) is 0 Å². The van der Waals surface area contributed by atoms with Crippen molar-refractivity contribution in [1.82, 2.24) is 10.3 Å². The minimum absolute atomic E-state index is 0.879. The third-order valence-corrected chi connectivity index (χ3v) is 3.15. The zero-order chi connectivity index (χ0) is 12.6. The Labute approximate surface area is 109 Å². The number of hydrogen-bond donors (Lipinski definition) is 2. The summed E-state index contributed by atoms with van der Waals surface area (Å²) in [6.45, 7) is 2.91. The SMILES string of the molecule is COCCCCCNCc1ccc2[nH]ccc2c1. The minimum Gasteiger partial charge on any atom is -0.385 e. The predicted molar refractivity (Wildman–Crippen MR) is 75.7 cm³/mol. The molecule has 0 bridgehead atoms. The van der Waals surface area contributed by atoms with E-state index in [-0.39, 0.29) is 0 Å². The molecule has 1 heterocycles. The molecular formula is C15H22N2O. The first-order valence-electron chi connectivity index (χ1n) is 6.66. The lowest BCUT2D eigenvalue weighted by Gasteiger charge is -2.05. The number of benzene rings is 1. The van der Waals surface area contributed by atoms with E-state index in [0.29, 0.717) is 0 Å². The lowest BCUT2D eigenvalue weighted by Crippen LogP contribution is -2.14. The molecule has 98 valence electrons. The molecule has 3 heteroatoms. The van der Waals surface area contributed by atoms with Crippen LogP contribution in [0.5, 0.6) is 0 Å². The van der Waals surface area contributed by atoms with Crippen molar-refractivity contribution in [2.75, 3.05) is 20.3 Å². The Morgan fingerprint density at radius 1 is 1.17 bits per heavy atom. The van der Waals surface area contributed by atoms with Gasteiger partial charge < -0.3 is 15.0 Å². The Morgan fingerprint density at radius 3 is 3.00 bits per heavy atom. The number of ether oxygens (including phenoxy) is 1. The first kappa shape index (κ1) is 13.1. The summed E-state index contributed by atoms with van der Waals surface area (Å²) in [6.07, 6.45) is 5.60. The molecule has 0 saturated carbocycles. The fraction of sp³-hybridized carbons (Fsp3) is 0.467. The van der Waals surface area contributed by atoms with Gasteiger partial charge in [0.1, 0.15) is 0 Å². The van der Waals surface area contributed by atoms with E-state index in [1.54, 1.807) is 7.11 Å². The van der Waals surface area contributed by atoms with E-state index in [0.717, 1.165) is 26.1 Å². The first-order chi connectivity index (χ1) is 8.90. The highest BCUT2D eigenvalue weighted by Crippen LogP contribution is 2.13. The van der Waals surface area contributed by atoms with Crippen molar-refractivity contribution < 1.29 is 4.74 Å². The van der Waals surface area contributed by atoms with Crippen LogP contribution in [0, 0.1) is 0 Å². The number of nitrogens with one attached hydrogen (secondary N) is 2. The van der Waals surface area contributed by atoms with Crippen molar-refractivity contribution in [3.63, 3.8) is 0 Å². The number of unbranched alkanes of at least 4 members (excludes halogenated alkanes) is 2. The van der Waals surface area contributed by atoms with Crippen molar-refractivity contribution in [2.24, 2.45) is 0 Å². The van der Waals surface area contributed by atoms with Crippen molar-refractivity contribution in [2.45, 2.75) is 25.8 Å². The van der Waals surface area contributed by atoms with Crippen LogP contribution in [0.25, 0.3) is 10.9 Å². The van der Waals surface area contributed by atoms with Gasteiger partial charge in [-0.3, -0.25) is 0 Å². The Morgan fingerprint density at radius 2 is 2.11 bits per heavy atom. The predicted octanol–water partition coefficient (Wildman–Crippen LogP) is 3.07. The van der Waals surface area contributed by atoms with E-state index < -0.39 is 0 Å². The maximum Gasteiger partial charge on any atom is 0.0462 e. The van der Waals surface area contributed by atoms with Crippen LogP contribution >= 0.6 is 0 Å². The summed E-state index contributed by atoms with van der Waals surface area (Å²) in [4.78, 5) is 3.21. The third-order valence-electron chi connectivity index (χ3n) is 3.15. The molecule has 0 aliphatic carbocycles. The number of methoxy groups -OCH3 is 1. The average molecular weight is 246 g/mol. The van der Waals surface area contributed by atoms with Gasteiger partial charge in [0.25, 0.3) is 0 Å². The monoisotopic (exact) mass is 246 g/mol. The summed E-state index contributed by atoms with van der Waals surface area (Å²) in [5.41, 5.74) is 2.55. The summed E-state index contributed by atoms with van der Waals surface area (Å²) in [6, 6.07) is 8.68. The largest absolute Gasteiger partial charge is 0.385 e. The van der Waals surface area contributed by atoms with Crippen LogP contribution in [-0.2, 0) is 11.3 Å². The van der Waals surface area contributed by atoms with Crippen LogP contribution in [0.15, 0.2) is 30.5 Å². The van der Waals surface area contributed by atoms with Gasteiger partial charge in [-0.1, -0.05) is 6.07 Å². The number of aromatic amines is 1. The second-order valence-electron chi connectivity index (χ2n) is 4.63. The highest BCUT2D eigenvalue weighted by atomic mass is 16.5. The summed E-state index contributed by atoms with van der Waals surface area (Å²) < 4.78 is 5.03. The van der Waals surface area contributed by atoms with Gasteiger partial charge in [0.2, 0.25) is 0 Å². The van der Waals surface area contributed by atoms with Gasteiger partial charge in [-0.05, 0) is 55.0 Å². The van der Waals surface area contributed by atoms with Crippen molar-refractivity contribution in [1.29, 1.82) is 0 Å². The Bertz CT molecular complexity index is 464. The van der Waals surface area contributed by atoms with Gasteiger partial charge in [0, 0.05) is 32.0 Å². The zero-order valence-corrected chi connectivity index (χ0v) is 11.0. The van der Waals surface area contributed by atoms with Crippen LogP contribution in [0.2, 0.25) is 0 Å². The minimum atomic E-state index is 0.879. The number of H-pyrrole nitrogens is 1. The smallest absolute Gasteiger partial charge is 0.0462 e. The number of fused-ring (bicyclic) bond motifs is 1. The molecular weight excluding hydrogens is 224 g/mol. The average Bonchev–Trinajstić information content (AvgIpc) is 2.85. The molecule has 0 radical (unpaired) electrons. The fourth-order valence-electron chi connectivity index (χ4n) is 2.12. The lowest BCUT2D eigenvalue weighted by molar-refractivity contribution is 0.192. The van der Waals surface area contributed by atoms with E-state index >= 15 is 0 Å². The van der Waals surface area contributed by atoms with Crippen LogP contribution < -0.4 is 5.32 Å². The van der Waals surface area contributed by atoms with Crippen molar-refractivity contribution in [3.05, 3.63) is 36.0 Å². The van der Waals surface area contributed by atoms with Gasteiger partial charge in [-0.2, -0.15) is 0 Å². The standard InChI is InChI=1S/C15H22N2O/c1-18-10-4-2-3-8-16-12-13-5-6-15-14(11-13)7-9-17-15/h5-7,9,11,16-17H,2-4,8,10,12H2,1H3. The molecule has 0 unspecified atom stereocenters. The van der Waals surface area contributed by atoms with Gasteiger partial charge in [-0.15, -0.1) is 0 Å². The molecule has 2 rings (SSSR count). The van der Waals surface area contributed by atoms with Crippen LogP contribution in [-0.4, -0.2) is 25.2 Å². The molecule has 0 aliphatic heterocycles. The first-order valence-corrected chi connectivity index (χ1v) is 6.66. The second-order valence-corrected chi connectivity index (χ2v) is 4.63. The van der Waals surface area contributed by atoms with E-state index in [2.05, 4.69) is 34.6 Å². The molecule has 2 aromatic rings. The van der Waals surface area contributed by atoms with E-state index in [1.165, 1.54) is 29.3 Å². The maximum atomic E-state index is 5.03. The van der Waals surface area contributed by atoms with Gasteiger partial charge in [-0.25, -0.2) is 0 Å². The third kappa shape index (κ3) is 3.86. The van der Waals surface area contributed by atoms with Gasteiger partial charge in [0.15, 0.2) is 0 Å². The van der Waals surface area contributed by atoms with Crippen LogP contribution in [0.1, 0.15) is 24.8 Å². The van der Waals surface area contributed by atoms with Gasteiger partial charge >= 0.3 is 0 Å². The number of rotatable bonds is 8. The highest BCUT2D eigenvalue weighted by Gasteiger charge is 1.97. The Balaban J connectivity index is 1.67. The molecule has 0 aliphatic rings. The lowest BCUT2D eigenvalue weighted by atomic mass is 10.1. The fourth-order valence-corrected chi connectivity index (χ4v) is 2.12. The summed E-state index contributed by atoms with van der Waals surface area (Å²) in [5.74, 6) is 0. The van der Waals surface area contributed by atoms with E-state index in [9.17, 15) is 0 Å². The van der Waals surface area contributed by atoms with Gasteiger partial charge in [0.05, 0.1) is 0 Å². The number of aromatic nitrogens is 1. The molecule has 3 nitrogen and oxygen atoms in total. The highest BCUT2D eigenvalue weighted by molar-refractivity contribution is 5.79. The van der Waals surface area contributed by atoms with E-state index in [4.69, 9.17) is 4.74 Å². The molecule has 2 N–H and O–H groups in total. The molecule has 18 heavy (non-hydrogen) atoms. The topological polar surface area (TPSA) is 37.0 Å². The maximum absolute atomic E-state index is 5.03. The van der Waals surface area contributed by atoms with Crippen LogP contribution in [0.4, 0.5) is 0 Å².